The Balaban J connectivity index is 1.15. The molecule has 6 aromatic rings. The maximum Gasteiger partial charge on any atom is 0.324 e. The molecule has 3 N–H and O–H groups in total. The molecular formula is C39H42N8O3. The average molecular weight is 671 g/mol. The Hall–Kier alpha value is -5.81. The number of aryl methyl sites for hydroxylation is 2. The SMILES string of the molecule is COCCCc1cncc(Nc2cc(COc3ccc(NC(=O)Nc4cc(C(C)(C)C)nn4-c4ccc(C)cc4)c4ccccc34)ccn2)n1. The topological polar surface area (TPSA) is 128 Å². The second kappa shape index (κ2) is 15.2. The van der Waals surface area contributed by atoms with Crippen LogP contribution in [0.2, 0.25) is 0 Å². The van der Waals surface area contributed by atoms with Crippen molar-refractivity contribution in [1.29, 1.82) is 0 Å². The van der Waals surface area contributed by atoms with Gasteiger partial charge in [-0.15, -0.1) is 0 Å². The van der Waals surface area contributed by atoms with Crippen LogP contribution in [0.3, 0.4) is 0 Å². The van der Waals surface area contributed by atoms with E-state index >= 15 is 0 Å². The van der Waals surface area contributed by atoms with Crippen LogP contribution in [0.4, 0.5) is 27.9 Å². The van der Waals surface area contributed by atoms with Crippen LogP contribution < -0.4 is 20.7 Å². The second-order valence-corrected chi connectivity index (χ2v) is 13.1. The summed E-state index contributed by atoms with van der Waals surface area (Å²) in [4.78, 5) is 26.8. The maximum absolute atomic E-state index is 13.4. The summed E-state index contributed by atoms with van der Waals surface area (Å²) >= 11 is 0. The highest BCUT2D eigenvalue weighted by Crippen LogP contribution is 2.33. The van der Waals surface area contributed by atoms with Gasteiger partial charge in [0.2, 0.25) is 0 Å². The maximum atomic E-state index is 13.4. The van der Waals surface area contributed by atoms with Gasteiger partial charge in [-0.3, -0.25) is 10.3 Å². The summed E-state index contributed by atoms with van der Waals surface area (Å²) in [6.45, 7) is 9.32. The molecule has 0 saturated carbocycles. The van der Waals surface area contributed by atoms with Crippen molar-refractivity contribution in [2.75, 3.05) is 29.7 Å². The normalized spacial score (nSPS) is 11.4. The highest BCUT2D eigenvalue weighted by Gasteiger charge is 2.22. The number of hydrogen-bond donors (Lipinski definition) is 3. The lowest BCUT2D eigenvalue weighted by atomic mass is 9.92. The second-order valence-electron chi connectivity index (χ2n) is 13.1. The zero-order valence-electron chi connectivity index (χ0n) is 29.0. The molecule has 50 heavy (non-hydrogen) atoms. The number of methoxy groups -OCH3 is 1. The number of fused-ring (bicyclic) bond motifs is 1. The Morgan fingerprint density at radius 3 is 2.48 bits per heavy atom. The predicted molar refractivity (Wildman–Crippen MR) is 198 cm³/mol. The molecule has 0 saturated heterocycles. The van der Waals surface area contributed by atoms with Gasteiger partial charge in [0.1, 0.15) is 29.8 Å². The lowest BCUT2D eigenvalue weighted by Crippen LogP contribution is -2.21. The molecule has 0 aliphatic heterocycles. The van der Waals surface area contributed by atoms with Gasteiger partial charge in [0.15, 0.2) is 0 Å². The van der Waals surface area contributed by atoms with Gasteiger partial charge >= 0.3 is 6.03 Å². The van der Waals surface area contributed by atoms with E-state index in [1.807, 2.05) is 85.8 Å². The summed E-state index contributed by atoms with van der Waals surface area (Å²) in [5.74, 6) is 2.54. The molecule has 256 valence electrons. The Morgan fingerprint density at radius 1 is 0.900 bits per heavy atom. The van der Waals surface area contributed by atoms with Gasteiger partial charge in [0, 0.05) is 48.4 Å². The number of aromatic nitrogens is 5. The fourth-order valence-electron chi connectivity index (χ4n) is 5.41. The van der Waals surface area contributed by atoms with Crippen LogP contribution in [0.25, 0.3) is 16.5 Å². The van der Waals surface area contributed by atoms with E-state index in [9.17, 15) is 4.79 Å². The van der Waals surface area contributed by atoms with E-state index in [-0.39, 0.29) is 11.4 Å². The summed E-state index contributed by atoms with van der Waals surface area (Å²) in [6.07, 6.45) is 6.83. The van der Waals surface area contributed by atoms with Crippen molar-refractivity contribution >= 4 is 39.9 Å². The van der Waals surface area contributed by atoms with E-state index in [0.29, 0.717) is 42.1 Å². The van der Waals surface area contributed by atoms with Crippen LogP contribution in [0.1, 0.15) is 49.7 Å². The fraction of sp³-hybridized carbons (Fsp3) is 0.256. The van der Waals surface area contributed by atoms with Gasteiger partial charge in [-0.25, -0.2) is 19.4 Å². The monoisotopic (exact) mass is 670 g/mol. The van der Waals surface area contributed by atoms with Crippen molar-refractivity contribution in [2.45, 2.75) is 52.6 Å². The third-order valence-corrected chi connectivity index (χ3v) is 8.07. The molecule has 0 aliphatic carbocycles. The predicted octanol–water partition coefficient (Wildman–Crippen LogP) is 8.36. The van der Waals surface area contributed by atoms with Crippen molar-refractivity contribution in [1.82, 2.24) is 24.7 Å². The van der Waals surface area contributed by atoms with E-state index in [0.717, 1.165) is 51.8 Å². The minimum absolute atomic E-state index is 0.200. The summed E-state index contributed by atoms with van der Waals surface area (Å²) < 4.78 is 13.2. The lowest BCUT2D eigenvalue weighted by molar-refractivity contribution is 0.195. The number of carbonyl (C=O) groups is 1. The van der Waals surface area contributed by atoms with Crippen molar-refractivity contribution in [3.05, 3.63) is 120 Å². The highest BCUT2D eigenvalue weighted by atomic mass is 16.5. The molecule has 0 fully saturated rings. The van der Waals surface area contributed by atoms with E-state index in [1.165, 1.54) is 0 Å². The Kier molecular flexibility index (Phi) is 10.3. The molecule has 3 aromatic carbocycles. The average Bonchev–Trinajstić information content (AvgIpc) is 3.53. The fourth-order valence-corrected chi connectivity index (χ4v) is 5.41. The molecule has 0 radical (unpaired) electrons. The van der Waals surface area contributed by atoms with Crippen molar-refractivity contribution in [3.63, 3.8) is 0 Å². The standard InChI is InChI=1S/C39H42N8O3/c1-26-12-14-29(15-13-26)47-37(22-34(46-47)39(2,3)4)45-38(48)43-32-16-17-33(31-11-7-6-10-30(31)32)50-25-27-18-19-41-35(21-27)44-36-24-40-23-28(42-36)9-8-20-49-5/h6-7,10-19,21-24H,8-9,20,25H2,1-5H3,(H,41,42,44)(H2,43,45,48). The Bertz CT molecular complexity index is 2090. The van der Waals surface area contributed by atoms with Crippen LogP contribution in [0, 0.1) is 6.92 Å². The van der Waals surface area contributed by atoms with Crippen LogP contribution >= 0.6 is 0 Å². The molecule has 3 heterocycles. The molecule has 11 heteroatoms. The third kappa shape index (κ3) is 8.42. The van der Waals surface area contributed by atoms with Crippen LogP contribution in [0.5, 0.6) is 5.75 Å². The van der Waals surface area contributed by atoms with E-state index in [1.54, 1.807) is 30.4 Å². The van der Waals surface area contributed by atoms with Crippen molar-refractivity contribution in [3.8, 4) is 11.4 Å². The van der Waals surface area contributed by atoms with Crippen molar-refractivity contribution < 1.29 is 14.3 Å². The molecule has 11 nitrogen and oxygen atoms in total. The summed E-state index contributed by atoms with van der Waals surface area (Å²) in [6, 6.07) is 25.0. The number of ether oxygens (including phenoxy) is 2. The summed E-state index contributed by atoms with van der Waals surface area (Å²) in [5.41, 5.74) is 5.15. The van der Waals surface area contributed by atoms with Gasteiger partial charge in [-0.2, -0.15) is 5.10 Å². The zero-order chi connectivity index (χ0) is 35.1. The smallest absolute Gasteiger partial charge is 0.324 e. The van der Waals surface area contributed by atoms with Gasteiger partial charge in [0.25, 0.3) is 0 Å². The molecule has 0 spiro atoms. The number of nitrogens with one attached hydrogen (secondary N) is 3. The molecule has 0 unspecified atom stereocenters. The number of hydrogen-bond acceptors (Lipinski definition) is 8. The van der Waals surface area contributed by atoms with Crippen LogP contribution in [-0.4, -0.2) is 44.5 Å². The minimum atomic E-state index is -0.375. The van der Waals surface area contributed by atoms with E-state index < -0.39 is 0 Å². The lowest BCUT2D eigenvalue weighted by Gasteiger charge is -2.15. The molecule has 6 rings (SSSR count). The highest BCUT2D eigenvalue weighted by molar-refractivity contribution is 6.07. The molecule has 0 aliphatic rings. The number of rotatable bonds is 12. The molecule has 2 amide bonds. The molecule has 0 bridgehead atoms. The molecule has 3 aromatic heterocycles. The van der Waals surface area contributed by atoms with E-state index in [4.69, 9.17) is 14.6 Å². The molecular weight excluding hydrogens is 628 g/mol. The largest absolute Gasteiger partial charge is 0.488 e. The van der Waals surface area contributed by atoms with Gasteiger partial charge in [-0.1, -0.05) is 62.7 Å². The quantitative estimate of drug-likeness (QED) is 0.111. The molecule has 0 atom stereocenters. The Morgan fingerprint density at radius 2 is 1.70 bits per heavy atom. The first-order valence-corrected chi connectivity index (χ1v) is 16.6. The zero-order valence-corrected chi connectivity index (χ0v) is 29.0. The first-order chi connectivity index (χ1) is 24.2. The number of nitrogens with zero attached hydrogens (tertiary/aromatic N) is 5. The number of amides is 2. The number of pyridine rings is 1. The van der Waals surface area contributed by atoms with Gasteiger partial charge in [-0.05, 0) is 61.7 Å². The summed E-state index contributed by atoms with van der Waals surface area (Å²) in [5, 5.41) is 15.9. The van der Waals surface area contributed by atoms with Gasteiger partial charge in [0.05, 0.1) is 29.0 Å². The number of benzene rings is 3. The third-order valence-electron chi connectivity index (χ3n) is 8.07. The van der Waals surface area contributed by atoms with E-state index in [2.05, 4.69) is 51.7 Å². The van der Waals surface area contributed by atoms with Crippen molar-refractivity contribution in [2.24, 2.45) is 0 Å². The summed E-state index contributed by atoms with van der Waals surface area (Å²) in [7, 11) is 1.69. The first kappa shape index (κ1) is 34.1. The van der Waals surface area contributed by atoms with Gasteiger partial charge < -0.3 is 20.1 Å². The first-order valence-electron chi connectivity index (χ1n) is 16.6. The minimum Gasteiger partial charge on any atom is -0.488 e. The van der Waals surface area contributed by atoms with Crippen LogP contribution in [-0.2, 0) is 23.2 Å². The Labute approximate surface area is 292 Å². The number of anilines is 4. The van der Waals surface area contributed by atoms with Crippen LogP contribution in [0.15, 0.2) is 97.5 Å². The number of carbonyl (C=O) groups excluding carboxylic acids is 1. The number of urea groups is 1.